The molecule has 0 amide bonds. The molecule has 2 aromatic carbocycles. The number of hydrogen-bond donors (Lipinski definition) is 2. The third-order valence-corrected chi connectivity index (χ3v) is 3.46. The van der Waals surface area contributed by atoms with Gasteiger partial charge in [-0.15, -0.1) is 0 Å². The Balaban J connectivity index is 1.95. The molecule has 2 N–H and O–H groups in total. The van der Waals surface area contributed by atoms with Crippen LogP contribution < -0.4 is 15.4 Å². The first kappa shape index (κ1) is 15.3. The molecule has 0 aliphatic rings. The third-order valence-electron chi connectivity index (χ3n) is 3.24. The first-order valence-electron chi connectivity index (χ1n) is 6.86. The Bertz CT molecular complexity index is 610. The first-order chi connectivity index (χ1) is 10.1. The molecule has 0 spiro atoms. The molecule has 0 aliphatic carbocycles. The molecular formula is C17H20N2OS. The number of ether oxygens (including phenoxy) is 1. The lowest BCUT2D eigenvalue weighted by atomic mass is 10.1. The van der Waals surface area contributed by atoms with Gasteiger partial charge < -0.3 is 15.4 Å². The molecule has 0 heterocycles. The van der Waals surface area contributed by atoms with Gasteiger partial charge in [0, 0.05) is 5.69 Å². The topological polar surface area (TPSA) is 33.3 Å². The van der Waals surface area contributed by atoms with Gasteiger partial charge in [0.15, 0.2) is 5.11 Å². The van der Waals surface area contributed by atoms with E-state index in [9.17, 15) is 0 Å². The average Bonchev–Trinajstić information content (AvgIpc) is 2.47. The van der Waals surface area contributed by atoms with Gasteiger partial charge in [-0.2, -0.15) is 0 Å². The number of benzene rings is 2. The second kappa shape index (κ2) is 7.09. The summed E-state index contributed by atoms with van der Waals surface area (Å²) in [6.45, 7) is 4.13. The molecular weight excluding hydrogens is 280 g/mol. The van der Waals surface area contributed by atoms with E-state index < -0.39 is 0 Å². The van der Waals surface area contributed by atoms with Crippen LogP contribution in [0.4, 0.5) is 5.69 Å². The maximum atomic E-state index is 5.36. The fraction of sp³-hybridized carbons (Fsp3) is 0.235. The number of rotatable bonds is 4. The standard InChI is InChI=1S/C17H20N2OS/c1-12-5-4-6-15(11-12)19-17(21)18-13(2)14-7-9-16(20-3)10-8-14/h4-11,13H,1-3H3,(H2,18,19,21)/t13-/m1/s1. The number of aryl methyl sites for hydroxylation is 1. The van der Waals surface area contributed by atoms with Gasteiger partial charge in [0.25, 0.3) is 0 Å². The first-order valence-corrected chi connectivity index (χ1v) is 7.27. The van der Waals surface area contributed by atoms with Crippen LogP contribution >= 0.6 is 12.2 Å². The Labute approximate surface area is 131 Å². The van der Waals surface area contributed by atoms with Crippen molar-refractivity contribution in [2.45, 2.75) is 19.9 Å². The fourth-order valence-corrected chi connectivity index (χ4v) is 2.36. The lowest BCUT2D eigenvalue weighted by molar-refractivity contribution is 0.414. The molecule has 3 nitrogen and oxygen atoms in total. The minimum atomic E-state index is 0.126. The van der Waals surface area contributed by atoms with E-state index in [1.807, 2.05) is 36.4 Å². The molecule has 0 bridgehead atoms. The Kier molecular flexibility index (Phi) is 5.17. The van der Waals surface area contributed by atoms with Crippen LogP contribution in [0.5, 0.6) is 5.75 Å². The van der Waals surface area contributed by atoms with E-state index in [1.54, 1.807) is 7.11 Å². The van der Waals surface area contributed by atoms with Crippen LogP contribution in [0.1, 0.15) is 24.1 Å². The summed E-state index contributed by atoms with van der Waals surface area (Å²) >= 11 is 5.36. The number of hydrogen-bond acceptors (Lipinski definition) is 2. The van der Waals surface area contributed by atoms with E-state index in [1.165, 1.54) is 5.56 Å². The van der Waals surface area contributed by atoms with E-state index >= 15 is 0 Å². The predicted molar refractivity (Wildman–Crippen MR) is 91.9 cm³/mol. The minimum Gasteiger partial charge on any atom is -0.497 e. The van der Waals surface area contributed by atoms with Crippen LogP contribution in [0, 0.1) is 6.92 Å². The molecule has 110 valence electrons. The normalized spacial score (nSPS) is 11.6. The van der Waals surface area contributed by atoms with Crippen LogP contribution in [0.2, 0.25) is 0 Å². The van der Waals surface area contributed by atoms with Gasteiger partial charge in [-0.05, 0) is 61.5 Å². The van der Waals surface area contributed by atoms with Crippen LogP contribution in [0.15, 0.2) is 48.5 Å². The SMILES string of the molecule is COc1ccc([C@@H](C)NC(=S)Nc2cccc(C)c2)cc1. The maximum Gasteiger partial charge on any atom is 0.171 e. The molecule has 0 fully saturated rings. The Morgan fingerprint density at radius 1 is 1.14 bits per heavy atom. The minimum absolute atomic E-state index is 0.126. The van der Waals surface area contributed by atoms with Crippen molar-refractivity contribution in [2.24, 2.45) is 0 Å². The monoisotopic (exact) mass is 300 g/mol. The highest BCUT2D eigenvalue weighted by molar-refractivity contribution is 7.80. The van der Waals surface area contributed by atoms with Crippen LogP contribution in [-0.4, -0.2) is 12.2 Å². The summed E-state index contributed by atoms with van der Waals surface area (Å²) in [5, 5.41) is 7.10. The summed E-state index contributed by atoms with van der Waals surface area (Å²) in [5.41, 5.74) is 3.35. The number of anilines is 1. The smallest absolute Gasteiger partial charge is 0.171 e. The maximum absolute atomic E-state index is 5.36. The molecule has 0 unspecified atom stereocenters. The summed E-state index contributed by atoms with van der Waals surface area (Å²) < 4.78 is 5.16. The van der Waals surface area contributed by atoms with Crippen molar-refractivity contribution in [1.29, 1.82) is 0 Å². The van der Waals surface area contributed by atoms with Crippen LogP contribution in [0.3, 0.4) is 0 Å². The van der Waals surface area contributed by atoms with Gasteiger partial charge in [-0.3, -0.25) is 0 Å². The second-order valence-corrected chi connectivity index (χ2v) is 5.37. The predicted octanol–water partition coefficient (Wildman–Crippen LogP) is 4.05. The van der Waals surface area contributed by atoms with Gasteiger partial charge in [-0.25, -0.2) is 0 Å². The lowest BCUT2D eigenvalue weighted by Gasteiger charge is -2.18. The average molecular weight is 300 g/mol. The molecule has 0 aromatic heterocycles. The van der Waals surface area contributed by atoms with Gasteiger partial charge in [0.05, 0.1) is 13.2 Å². The van der Waals surface area contributed by atoms with Crippen molar-refractivity contribution in [3.63, 3.8) is 0 Å². The zero-order valence-corrected chi connectivity index (χ0v) is 13.3. The Morgan fingerprint density at radius 3 is 2.48 bits per heavy atom. The highest BCUT2D eigenvalue weighted by atomic mass is 32.1. The molecule has 0 radical (unpaired) electrons. The van der Waals surface area contributed by atoms with E-state index in [0.717, 1.165) is 17.0 Å². The summed E-state index contributed by atoms with van der Waals surface area (Å²) in [5.74, 6) is 0.853. The van der Waals surface area contributed by atoms with E-state index in [-0.39, 0.29) is 6.04 Å². The molecule has 21 heavy (non-hydrogen) atoms. The zero-order chi connectivity index (χ0) is 15.2. The van der Waals surface area contributed by atoms with Crippen molar-refractivity contribution in [3.05, 3.63) is 59.7 Å². The highest BCUT2D eigenvalue weighted by Gasteiger charge is 2.07. The van der Waals surface area contributed by atoms with Gasteiger partial charge >= 0.3 is 0 Å². The summed E-state index contributed by atoms with van der Waals surface area (Å²) in [7, 11) is 1.66. The van der Waals surface area contributed by atoms with Crippen molar-refractivity contribution < 1.29 is 4.74 Å². The number of nitrogens with one attached hydrogen (secondary N) is 2. The van der Waals surface area contributed by atoms with E-state index in [2.05, 4.69) is 36.6 Å². The van der Waals surface area contributed by atoms with Crippen LogP contribution in [-0.2, 0) is 0 Å². The molecule has 0 saturated heterocycles. The Hall–Kier alpha value is -2.07. The van der Waals surface area contributed by atoms with Gasteiger partial charge in [0.1, 0.15) is 5.75 Å². The fourth-order valence-electron chi connectivity index (χ4n) is 2.06. The third kappa shape index (κ3) is 4.46. The molecule has 2 rings (SSSR count). The van der Waals surface area contributed by atoms with Crippen LogP contribution in [0.25, 0.3) is 0 Å². The largest absolute Gasteiger partial charge is 0.497 e. The zero-order valence-electron chi connectivity index (χ0n) is 12.5. The second-order valence-electron chi connectivity index (χ2n) is 4.96. The molecule has 0 saturated carbocycles. The van der Waals surface area contributed by atoms with Crippen molar-refractivity contribution in [2.75, 3.05) is 12.4 Å². The van der Waals surface area contributed by atoms with Crippen molar-refractivity contribution in [3.8, 4) is 5.75 Å². The quantitative estimate of drug-likeness (QED) is 0.835. The summed E-state index contributed by atoms with van der Waals surface area (Å²) in [6.07, 6.45) is 0. The summed E-state index contributed by atoms with van der Waals surface area (Å²) in [6, 6.07) is 16.2. The molecule has 2 aromatic rings. The highest BCUT2D eigenvalue weighted by Crippen LogP contribution is 2.17. The number of methoxy groups -OCH3 is 1. The van der Waals surface area contributed by atoms with Gasteiger partial charge in [-0.1, -0.05) is 24.3 Å². The van der Waals surface area contributed by atoms with E-state index in [0.29, 0.717) is 5.11 Å². The molecule has 1 atom stereocenters. The number of thiocarbonyl (C=S) groups is 1. The lowest BCUT2D eigenvalue weighted by Crippen LogP contribution is -2.30. The van der Waals surface area contributed by atoms with E-state index in [4.69, 9.17) is 17.0 Å². The molecule has 0 aliphatic heterocycles. The summed E-state index contributed by atoms with van der Waals surface area (Å²) in [4.78, 5) is 0. The Morgan fingerprint density at radius 2 is 1.86 bits per heavy atom. The van der Waals surface area contributed by atoms with Crippen molar-refractivity contribution >= 4 is 23.0 Å². The van der Waals surface area contributed by atoms with Crippen molar-refractivity contribution in [1.82, 2.24) is 5.32 Å². The van der Waals surface area contributed by atoms with Gasteiger partial charge in [0.2, 0.25) is 0 Å². The molecule has 4 heteroatoms.